The van der Waals surface area contributed by atoms with Crippen molar-refractivity contribution in [3.63, 3.8) is 0 Å². The molecular weight excluding hydrogens is 188 g/mol. The number of primary amides is 1. The molecule has 0 radical (unpaired) electrons. The Morgan fingerprint density at radius 1 is 1.53 bits per heavy atom. The minimum Gasteiger partial charge on any atom is -0.370 e. The molecule has 1 fully saturated rings. The van der Waals surface area contributed by atoms with E-state index in [0.29, 0.717) is 17.9 Å². The van der Waals surface area contributed by atoms with Gasteiger partial charge in [0.2, 0.25) is 5.91 Å². The van der Waals surface area contributed by atoms with Crippen LogP contribution in [0.1, 0.15) is 52.4 Å². The molecule has 1 amide bonds. The Labute approximate surface area is 92.8 Å². The van der Waals surface area contributed by atoms with E-state index < -0.39 is 0 Å². The summed E-state index contributed by atoms with van der Waals surface area (Å²) in [5.74, 6) is -0.194. The Morgan fingerprint density at radius 3 is 2.87 bits per heavy atom. The zero-order chi connectivity index (χ0) is 11.3. The molecule has 3 nitrogen and oxygen atoms in total. The first kappa shape index (κ1) is 12.5. The van der Waals surface area contributed by atoms with Crippen LogP contribution < -0.4 is 11.1 Å². The van der Waals surface area contributed by atoms with Crippen molar-refractivity contribution < 1.29 is 4.79 Å². The lowest BCUT2D eigenvalue weighted by atomic mass is 9.75. The van der Waals surface area contributed by atoms with Crippen LogP contribution in [0.4, 0.5) is 0 Å². The van der Waals surface area contributed by atoms with Gasteiger partial charge in [-0.2, -0.15) is 0 Å². The lowest BCUT2D eigenvalue weighted by molar-refractivity contribution is -0.118. The van der Waals surface area contributed by atoms with Crippen molar-refractivity contribution in [1.82, 2.24) is 5.32 Å². The van der Waals surface area contributed by atoms with E-state index in [1.165, 1.54) is 25.7 Å². The lowest BCUT2D eigenvalue weighted by Gasteiger charge is -2.35. The molecule has 0 spiro atoms. The van der Waals surface area contributed by atoms with Gasteiger partial charge in [-0.1, -0.05) is 20.3 Å². The molecule has 1 saturated carbocycles. The number of amides is 1. The van der Waals surface area contributed by atoms with E-state index in [1.54, 1.807) is 0 Å². The van der Waals surface area contributed by atoms with Crippen molar-refractivity contribution in [2.45, 2.75) is 58.4 Å². The average Bonchev–Trinajstić information content (AvgIpc) is 2.10. The number of rotatable bonds is 5. The second-order valence-electron chi connectivity index (χ2n) is 5.48. The predicted molar refractivity (Wildman–Crippen MR) is 62.5 cm³/mol. The number of nitrogens with two attached hydrogens (primary N) is 1. The van der Waals surface area contributed by atoms with Crippen molar-refractivity contribution in [3.8, 4) is 0 Å². The van der Waals surface area contributed by atoms with Crippen LogP contribution in [-0.2, 0) is 4.79 Å². The third-order valence-electron chi connectivity index (χ3n) is 3.24. The Hall–Kier alpha value is -0.570. The quantitative estimate of drug-likeness (QED) is 0.683. The van der Waals surface area contributed by atoms with Gasteiger partial charge >= 0.3 is 0 Å². The van der Waals surface area contributed by atoms with Gasteiger partial charge in [-0.3, -0.25) is 4.79 Å². The maximum Gasteiger partial charge on any atom is 0.217 e. The van der Waals surface area contributed by atoms with Crippen LogP contribution in [0.15, 0.2) is 0 Å². The van der Waals surface area contributed by atoms with E-state index in [0.717, 1.165) is 13.0 Å². The molecule has 1 rings (SSSR count). The molecule has 1 atom stereocenters. The zero-order valence-electron chi connectivity index (χ0n) is 10.0. The van der Waals surface area contributed by atoms with E-state index in [-0.39, 0.29) is 5.91 Å². The second-order valence-corrected chi connectivity index (χ2v) is 5.48. The van der Waals surface area contributed by atoms with Crippen molar-refractivity contribution in [1.29, 1.82) is 0 Å². The van der Waals surface area contributed by atoms with Gasteiger partial charge in [0.1, 0.15) is 0 Å². The van der Waals surface area contributed by atoms with Gasteiger partial charge in [-0.05, 0) is 37.6 Å². The predicted octanol–water partition coefficient (Wildman–Crippen LogP) is 1.81. The summed E-state index contributed by atoms with van der Waals surface area (Å²) < 4.78 is 0. The number of carbonyl (C=O) groups excluding carboxylic acids is 1. The van der Waals surface area contributed by atoms with Gasteiger partial charge in [0, 0.05) is 12.5 Å². The van der Waals surface area contributed by atoms with Crippen LogP contribution in [0.2, 0.25) is 0 Å². The van der Waals surface area contributed by atoms with Crippen molar-refractivity contribution in [2.75, 3.05) is 6.54 Å². The van der Waals surface area contributed by atoms with Gasteiger partial charge in [0.15, 0.2) is 0 Å². The highest BCUT2D eigenvalue weighted by Crippen LogP contribution is 2.34. The van der Waals surface area contributed by atoms with Crippen molar-refractivity contribution in [2.24, 2.45) is 11.1 Å². The van der Waals surface area contributed by atoms with Crippen molar-refractivity contribution in [3.05, 3.63) is 0 Å². The third-order valence-corrected chi connectivity index (χ3v) is 3.24. The summed E-state index contributed by atoms with van der Waals surface area (Å²) in [7, 11) is 0. The second kappa shape index (κ2) is 5.50. The molecule has 15 heavy (non-hydrogen) atoms. The van der Waals surface area contributed by atoms with E-state index in [4.69, 9.17) is 5.73 Å². The fourth-order valence-electron chi connectivity index (χ4n) is 2.44. The van der Waals surface area contributed by atoms with Crippen LogP contribution in [-0.4, -0.2) is 18.5 Å². The summed E-state index contributed by atoms with van der Waals surface area (Å²) in [5.41, 5.74) is 5.57. The first-order valence-electron chi connectivity index (χ1n) is 6.01. The monoisotopic (exact) mass is 212 g/mol. The molecule has 3 heteroatoms. The van der Waals surface area contributed by atoms with Crippen LogP contribution in [0.25, 0.3) is 0 Å². The zero-order valence-corrected chi connectivity index (χ0v) is 10.0. The Bertz CT molecular complexity index is 214. The first-order valence-corrected chi connectivity index (χ1v) is 6.01. The largest absolute Gasteiger partial charge is 0.370 e. The van der Waals surface area contributed by atoms with E-state index in [1.807, 2.05) is 0 Å². The number of carbonyl (C=O) groups is 1. The SMILES string of the molecule is CC1(C)CCCC(NCCCC(N)=O)C1. The molecule has 1 aliphatic rings. The van der Waals surface area contributed by atoms with Gasteiger partial charge in [0.05, 0.1) is 0 Å². The van der Waals surface area contributed by atoms with E-state index in [2.05, 4.69) is 19.2 Å². The van der Waals surface area contributed by atoms with Crippen molar-refractivity contribution >= 4 is 5.91 Å². The summed E-state index contributed by atoms with van der Waals surface area (Å²) in [6.45, 7) is 5.60. The molecule has 1 aliphatic carbocycles. The molecule has 0 bridgehead atoms. The van der Waals surface area contributed by atoms with Crippen LogP contribution in [0.5, 0.6) is 0 Å². The molecule has 88 valence electrons. The van der Waals surface area contributed by atoms with Gasteiger partial charge in [-0.15, -0.1) is 0 Å². The molecule has 0 heterocycles. The summed E-state index contributed by atoms with van der Waals surface area (Å²) >= 11 is 0. The Morgan fingerprint density at radius 2 is 2.27 bits per heavy atom. The number of hydrogen-bond acceptors (Lipinski definition) is 2. The van der Waals surface area contributed by atoms with E-state index >= 15 is 0 Å². The molecule has 3 N–H and O–H groups in total. The summed E-state index contributed by atoms with van der Waals surface area (Å²) in [5, 5.41) is 3.52. The average molecular weight is 212 g/mol. The Kier molecular flexibility index (Phi) is 4.58. The highest BCUT2D eigenvalue weighted by atomic mass is 16.1. The van der Waals surface area contributed by atoms with Crippen LogP contribution in [0.3, 0.4) is 0 Å². The van der Waals surface area contributed by atoms with Gasteiger partial charge in [0.25, 0.3) is 0 Å². The topological polar surface area (TPSA) is 55.1 Å². The summed E-state index contributed by atoms with van der Waals surface area (Å²) in [6, 6.07) is 0.640. The summed E-state index contributed by atoms with van der Waals surface area (Å²) in [4.78, 5) is 10.5. The fraction of sp³-hybridized carbons (Fsp3) is 0.917. The molecule has 0 saturated heterocycles. The van der Waals surface area contributed by atoms with Crippen LogP contribution in [0, 0.1) is 5.41 Å². The molecule has 0 aromatic heterocycles. The lowest BCUT2D eigenvalue weighted by Crippen LogP contribution is -2.37. The standard InChI is InChI=1S/C12H24N2O/c1-12(2)7-3-5-10(9-12)14-8-4-6-11(13)15/h10,14H,3-9H2,1-2H3,(H2,13,15). The molecule has 0 aromatic rings. The minimum absolute atomic E-state index is 0.194. The first-order chi connectivity index (χ1) is 6.99. The fourth-order valence-corrected chi connectivity index (χ4v) is 2.44. The van der Waals surface area contributed by atoms with E-state index in [9.17, 15) is 4.79 Å². The molecule has 1 unspecified atom stereocenters. The Balaban J connectivity index is 2.13. The summed E-state index contributed by atoms with van der Waals surface area (Å²) in [6.07, 6.45) is 6.56. The van der Waals surface area contributed by atoms with Crippen LogP contribution >= 0.6 is 0 Å². The normalized spacial score (nSPS) is 25.1. The maximum atomic E-state index is 10.5. The maximum absolute atomic E-state index is 10.5. The van der Waals surface area contributed by atoms with Gasteiger partial charge < -0.3 is 11.1 Å². The molecule has 0 aromatic carbocycles. The minimum atomic E-state index is -0.194. The molecule has 0 aliphatic heterocycles. The smallest absolute Gasteiger partial charge is 0.217 e. The number of nitrogens with one attached hydrogen (secondary N) is 1. The van der Waals surface area contributed by atoms with Gasteiger partial charge in [-0.25, -0.2) is 0 Å². The highest BCUT2D eigenvalue weighted by molar-refractivity contribution is 5.73. The third kappa shape index (κ3) is 5.17. The highest BCUT2D eigenvalue weighted by Gasteiger charge is 2.27. The number of hydrogen-bond donors (Lipinski definition) is 2. The molecular formula is C12H24N2O.